The molecule has 2 nitrogen and oxygen atoms in total. The van der Waals surface area contributed by atoms with Gasteiger partial charge in [-0.1, -0.05) is 36.4 Å². The Hall–Kier alpha value is -1.12. The van der Waals surface area contributed by atoms with Gasteiger partial charge in [0.05, 0.1) is 12.2 Å². The molecular formula is C14H18O2. The van der Waals surface area contributed by atoms with Crippen molar-refractivity contribution in [1.82, 2.24) is 0 Å². The first kappa shape index (κ1) is 11.4. The van der Waals surface area contributed by atoms with Crippen LogP contribution in [0.3, 0.4) is 0 Å². The van der Waals surface area contributed by atoms with E-state index in [1.807, 2.05) is 30.4 Å². The summed E-state index contributed by atoms with van der Waals surface area (Å²) in [6.07, 6.45) is 5.31. The Balaban J connectivity index is 1.96. The summed E-state index contributed by atoms with van der Waals surface area (Å²) in [5, 5.41) is 0. The molecule has 2 unspecified atom stereocenters. The quantitative estimate of drug-likeness (QED) is 0.758. The molecule has 0 amide bonds. The van der Waals surface area contributed by atoms with Crippen LogP contribution in [0.2, 0.25) is 0 Å². The summed E-state index contributed by atoms with van der Waals surface area (Å²) in [4.78, 5) is 0. The van der Waals surface area contributed by atoms with Gasteiger partial charge in [0.25, 0.3) is 0 Å². The van der Waals surface area contributed by atoms with E-state index in [-0.39, 0.29) is 18.5 Å². The van der Waals surface area contributed by atoms with Crippen LogP contribution >= 0.6 is 0 Å². The molecular weight excluding hydrogens is 200 g/mol. The summed E-state index contributed by atoms with van der Waals surface area (Å²) in [5.41, 5.74) is 1.17. The topological polar surface area (TPSA) is 18.5 Å². The van der Waals surface area contributed by atoms with Crippen LogP contribution in [-0.4, -0.2) is 18.5 Å². The van der Waals surface area contributed by atoms with E-state index in [0.717, 1.165) is 6.42 Å². The molecule has 0 radical (unpaired) electrons. The highest BCUT2D eigenvalue weighted by molar-refractivity contribution is 5.48. The molecule has 0 saturated carbocycles. The second kappa shape index (κ2) is 5.28. The Kier molecular flexibility index (Phi) is 3.75. The molecule has 1 aromatic rings. The molecule has 86 valence electrons. The highest BCUT2D eigenvalue weighted by Gasteiger charge is 2.22. The zero-order chi connectivity index (χ0) is 11.4. The smallest absolute Gasteiger partial charge is 0.177 e. The summed E-state index contributed by atoms with van der Waals surface area (Å²) in [5.74, 6) is 0. The molecule has 2 rings (SSSR count). The molecule has 1 aromatic carbocycles. The van der Waals surface area contributed by atoms with Crippen LogP contribution in [0, 0.1) is 0 Å². The van der Waals surface area contributed by atoms with Gasteiger partial charge in [0, 0.05) is 0 Å². The zero-order valence-corrected chi connectivity index (χ0v) is 9.80. The summed E-state index contributed by atoms with van der Waals surface area (Å²) in [7, 11) is 0. The molecule has 0 bridgehead atoms. The Bertz CT molecular complexity index is 335. The van der Waals surface area contributed by atoms with Crippen molar-refractivity contribution in [3.05, 3.63) is 42.0 Å². The first-order valence-corrected chi connectivity index (χ1v) is 5.78. The van der Waals surface area contributed by atoms with Crippen LogP contribution in [0.4, 0.5) is 0 Å². The lowest BCUT2D eigenvalue weighted by molar-refractivity contribution is -0.209. The summed E-state index contributed by atoms with van der Waals surface area (Å²) in [6.45, 7) is 4.17. The molecule has 0 N–H and O–H groups in total. The number of benzene rings is 1. The number of ether oxygens (including phenoxy) is 2. The van der Waals surface area contributed by atoms with Gasteiger partial charge >= 0.3 is 0 Å². The third kappa shape index (κ3) is 3.19. The molecule has 1 heterocycles. The van der Waals surface area contributed by atoms with E-state index in [1.165, 1.54) is 5.56 Å². The van der Waals surface area contributed by atoms with Crippen molar-refractivity contribution >= 4 is 6.08 Å². The fourth-order valence-electron chi connectivity index (χ4n) is 1.91. The predicted molar refractivity (Wildman–Crippen MR) is 65.0 cm³/mol. The van der Waals surface area contributed by atoms with E-state index in [4.69, 9.17) is 9.47 Å². The molecule has 16 heavy (non-hydrogen) atoms. The highest BCUT2D eigenvalue weighted by atomic mass is 16.7. The van der Waals surface area contributed by atoms with Crippen molar-refractivity contribution in [2.45, 2.75) is 38.8 Å². The minimum atomic E-state index is -0.209. The maximum absolute atomic E-state index is 5.67. The average Bonchev–Trinajstić information content (AvgIpc) is 2.27. The van der Waals surface area contributed by atoms with Gasteiger partial charge in [0.2, 0.25) is 0 Å². The summed E-state index contributed by atoms with van der Waals surface area (Å²) >= 11 is 0. The Labute approximate surface area is 96.9 Å². The van der Waals surface area contributed by atoms with E-state index in [2.05, 4.69) is 26.0 Å². The normalized spacial score (nSPS) is 30.8. The number of hydrogen-bond donors (Lipinski definition) is 0. The fraction of sp³-hybridized carbons (Fsp3) is 0.429. The van der Waals surface area contributed by atoms with Crippen LogP contribution in [-0.2, 0) is 9.47 Å². The molecule has 1 saturated heterocycles. The van der Waals surface area contributed by atoms with Gasteiger partial charge in [-0.15, -0.1) is 0 Å². The lowest BCUT2D eigenvalue weighted by atomic mass is 10.1. The molecule has 2 heteroatoms. The standard InChI is InChI=1S/C14H18O2/c1-11-10-12(2)16-14(15-11)9-8-13-6-4-3-5-7-13/h3-9,11-12,14H,10H2,1-2H3. The second-order valence-corrected chi connectivity index (χ2v) is 4.27. The molecule has 0 aliphatic carbocycles. The largest absolute Gasteiger partial charge is 0.346 e. The number of rotatable bonds is 2. The van der Waals surface area contributed by atoms with Crippen molar-refractivity contribution in [2.24, 2.45) is 0 Å². The van der Waals surface area contributed by atoms with Crippen molar-refractivity contribution in [1.29, 1.82) is 0 Å². The van der Waals surface area contributed by atoms with E-state index in [1.54, 1.807) is 0 Å². The zero-order valence-electron chi connectivity index (χ0n) is 9.80. The van der Waals surface area contributed by atoms with Crippen LogP contribution < -0.4 is 0 Å². The second-order valence-electron chi connectivity index (χ2n) is 4.27. The van der Waals surface area contributed by atoms with Crippen molar-refractivity contribution in [3.8, 4) is 0 Å². The van der Waals surface area contributed by atoms with Gasteiger partial charge in [-0.2, -0.15) is 0 Å². The number of hydrogen-bond acceptors (Lipinski definition) is 2. The molecule has 1 aliphatic rings. The molecule has 2 atom stereocenters. The summed E-state index contributed by atoms with van der Waals surface area (Å²) < 4.78 is 11.3. The van der Waals surface area contributed by atoms with Gasteiger partial charge in [-0.05, 0) is 31.9 Å². The van der Waals surface area contributed by atoms with Crippen molar-refractivity contribution < 1.29 is 9.47 Å². The first-order chi connectivity index (χ1) is 7.74. The van der Waals surface area contributed by atoms with Gasteiger partial charge in [-0.25, -0.2) is 0 Å². The minimum absolute atomic E-state index is 0.209. The Morgan fingerprint density at radius 3 is 2.31 bits per heavy atom. The highest BCUT2D eigenvalue weighted by Crippen LogP contribution is 2.19. The monoisotopic (exact) mass is 218 g/mol. The van der Waals surface area contributed by atoms with E-state index >= 15 is 0 Å². The first-order valence-electron chi connectivity index (χ1n) is 5.78. The van der Waals surface area contributed by atoms with Crippen molar-refractivity contribution in [2.75, 3.05) is 0 Å². The summed E-state index contributed by atoms with van der Waals surface area (Å²) in [6, 6.07) is 10.2. The third-order valence-electron chi connectivity index (χ3n) is 2.64. The van der Waals surface area contributed by atoms with Gasteiger partial charge in [0.1, 0.15) is 0 Å². The SMILES string of the molecule is CC1CC(C)OC(C=Cc2ccccc2)O1. The predicted octanol–water partition coefficient (Wildman–Crippen LogP) is 3.24. The van der Waals surface area contributed by atoms with Gasteiger partial charge < -0.3 is 9.47 Å². The lowest BCUT2D eigenvalue weighted by Gasteiger charge is -2.30. The van der Waals surface area contributed by atoms with Crippen molar-refractivity contribution in [3.63, 3.8) is 0 Å². The molecule has 1 fully saturated rings. The van der Waals surface area contributed by atoms with Crippen LogP contribution in [0.1, 0.15) is 25.8 Å². The van der Waals surface area contributed by atoms with E-state index in [9.17, 15) is 0 Å². The van der Waals surface area contributed by atoms with Gasteiger partial charge in [-0.3, -0.25) is 0 Å². The molecule has 0 spiro atoms. The lowest BCUT2D eigenvalue weighted by Crippen LogP contribution is -2.34. The fourth-order valence-corrected chi connectivity index (χ4v) is 1.91. The minimum Gasteiger partial charge on any atom is -0.346 e. The Morgan fingerprint density at radius 2 is 1.69 bits per heavy atom. The molecule has 0 aromatic heterocycles. The average molecular weight is 218 g/mol. The molecule has 1 aliphatic heterocycles. The van der Waals surface area contributed by atoms with E-state index in [0.29, 0.717) is 0 Å². The van der Waals surface area contributed by atoms with E-state index < -0.39 is 0 Å². The third-order valence-corrected chi connectivity index (χ3v) is 2.64. The van der Waals surface area contributed by atoms with Crippen LogP contribution in [0.25, 0.3) is 6.08 Å². The van der Waals surface area contributed by atoms with Crippen LogP contribution in [0.15, 0.2) is 36.4 Å². The van der Waals surface area contributed by atoms with Crippen LogP contribution in [0.5, 0.6) is 0 Å². The Morgan fingerprint density at radius 1 is 1.06 bits per heavy atom. The maximum atomic E-state index is 5.67. The maximum Gasteiger partial charge on any atom is 0.177 e. The van der Waals surface area contributed by atoms with Gasteiger partial charge in [0.15, 0.2) is 6.29 Å².